The van der Waals surface area contributed by atoms with Crippen molar-refractivity contribution in [3.63, 3.8) is 0 Å². The lowest BCUT2D eigenvalue weighted by Gasteiger charge is -2.18. The highest BCUT2D eigenvalue weighted by atomic mass is 19.1. The first-order valence-corrected chi connectivity index (χ1v) is 6.60. The van der Waals surface area contributed by atoms with E-state index >= 15 is 0 Å². The number of fused-ring (bicyclic) bond motifs is 1. The van der Waals surface area contributed by atoms with Crippen LogP contribution in [0.2, 0.25) is 0 Å². The first-order valence-electron chi connectivity index (χ1n) is 6.60. The molecule has 0 spiro atoms. The highest BCUT2D eigenvalue weighted by Crippen LogP contribution is 2.32. The van der Waals surface area contributed by atoms with Gasteiger partial charge in [-0.2, -0.15) is 0 Å². The molecule has 104 valence electrons. The van der Waals surface area contributed by atoms with Gasteiger partial charge in [0.1, 0.15) is 5.82 Å². The van der Waals surface area contributed by atoms with Crippen LogP contribution in [0.25, 0.3) is 0 Å². The topological polar surface area (TPSA) is 61.4 Å². The van der Waals surface area contributed by atoms with Crippen LogP contribution in [0.1, 0.15) is 36.9 Å². The van der Waals surface area contributed by atoms with Crippen molar-refractivity contribution in [3.05, 3.63) is 35.1 Å². The Hall–Kier alpha value is -1.62. The molecule has 1 aromatic carbocycles. The summed E-state index contributed by atoms with van der Waals surface area (Å²) in [5.41, 5.74) is 1.55. The average molecular weight is 266 g/mol. The normalized spacial score (nSPS) is 18.8. The number of aliphatic hydroxyl groups is 1. The molecule has 1 aliphatic rings. The third kappa shape index (κ3) is 3.04. The number of carbonyl (C=O) groups excluding carboxylic acids is 1. The maximum atomic E-state index is 13.6. The summed E-state index contributed by atoms with van der Waals surface area (Å²) in [5.74, 6) is -0.205. The van der Waals surface area contributed by atoms with E-state index in [2.05, 4.69) is 10.6 Å². The van der Waals surface area contributed by atoms with Crippen molar-refractivity contribution < 1.29 is 14.3 Å². The molecule has 0 fully saturated rings. The molecule has 1 aromatic rings. The van der Waals surface area contributed by atoms with Crippen LogP contribution in [0.5, 0.6) is 0 Å². The Bertz CT molecular complexity index is 461. The van der Waals surface area contributed by atoms with Gasteiger partial charge in [-0.05, 0) is 36.5 Å². The molecule has 3 N–H and O–H groups in total. The zero-order chi connectivity index (χ0) is 13.8. The molecule has 0 aliphatic heterocycles. The zero-order valence-electron chi connectivity index (χ0n) is 10.9. The van der Waals surface area contributed by atoms with Gasteiger partial charge in [-0.15, -0.1) is 0 Å². The number of aliphatic hydroxyl groups excluding tert-OH is 1. The van der Waals surface area contributed by atoms with Crippen LogP contribution in [-0.4, -0.2) is 23.8 Å². The van der Waals surface area contributed by atoms with Gasteiger partial charge in [0.25, 0.3) is 0 Å². The molecular weight excluding hydrogens is 247 g/mol. The van der Waals surface area contributed by atoms with Crippen LogP contribution in [0.3, 0.4) is 0 Å². The summed E-state index contributed by atoms with van der Waals surface area (Å²) in [5, 5.41) is 14.6. The van der Waals surface area contributed by atoms with Gasteiger partial charge in [-0.25, -0.2) is 9.18 Å². The Morgan fingerprint density at radius 1 is 1.58 bits per heavy atom. The fraction of sp³-hybridized carbons (Fsp3) is 0.500. The number of hydrogen-bond acceptors (Lipinski definition) is 2. The van der Waals surface area contributed by atoms with Crippen molar-refractivity contribution in [1.82, 2.24) is 10.6 Å². The molecule has 1 aliphatic carbocycles. The van der Waals surface area contributed by atoms with Crippen molar-refractivity contribution in [2.24, 2.45) is 0 Å². The lowest BCUT2D eigenvalue weighted by molar-refractivity contribution is 0.212. The van der Waals surface area contributed by atoms with Gasteiger partial charge in [-0.3, -0.25) is 0 Å². The third-order valence-corrected chi connectivity index (χ3v) is 3.57. The van der Waals surface area contributed by atoms with Crippen molar-refractivity contribution in [2.45, 2.75) is 38.3 Å². The van der Waals surface area contributed by atoms with Crippen LogP contribution < -0.4 is 10.6 Å². The van der Waals surface area contributed by atoms with E-state index in [1.807, 2.05) is 13.0 Å². The summed E-state index contributed by atoms with van der Waals surface area (Å²) in [6, 6.07) is 4.24. The van der Waals surface area contributed by atoms with E-state index < -0.39 is 0 Å². The predicted molar refractivity (Wildman–Crippen MR) is 70.3 cm³/mol. The van der Waals surface area contributed by atoms with Crippen LogP contribution in [0.4, 0.5) is 9.18 Å². The second kappa shape index (κ2) is 6.02. The van der Waals surface area contributed by atoms with Gasteiger partial charge in [0.05, 0.1) is 18.7 Å². The number of benzene rings is 1. The maximum absolute atomic E-state index is 13.6. The highest BCUT2D eigenvalue weighted by molar-refractivity contribution is 5.75. The molecule has 5 heteroatoms. The molecule has 0 bridgehead atoms. The van der Waals surface area contributed by atoms with Crippen LogP contribution in [0.15, 0.2) is 18.2 Å². The molecular formula is C14H19FN2O2. The summed E-state index contributed by atoms with van der Waals surface area (Å²) in [6.45, 7) is 1.81. The van der Waals surface area contributed by atoms with Gasteiger partial charge >= 0.3 is 6.03 Å². The molecule has 0 heterocycles. The summed E-state index contributed by atoms with van der Waals surface area (Å²) in [4.78, 5) is 11.8. The van der Waals surface area contributed by atoms with Gasteiger partial charge < -0.3 is 15.7 Å². The number of amides is 2. The van der Waals surface area contributed by atoms with Crippen molar-refractivity contribution in [1.29, 1.82) is 0 Å². The molecule has 2 amide bonds. The van der Waals surface area contributed by atoms with Crippen LogP contribution >= 0.6 is 0 Å². The van der Waals surface area contributed by atoms with E-state index in [1.165, 1.54) is 6.07 Å². The monoisotopic (exact) mass is 266 g/mol. The summed E-state index contributed by atoms with van der Waals surface area (Å²) in [7, 11) is 0. The minimum Gasteiger partial charge on any atom is -0.394 e. The van der Waals surface area contributed by atoms with E-state index in [0.717, 1.165) is 5.56 Å². The Balaban J connectivity index is 1.99. The molecule has 0 saturated carbocycles. The van der Waals surface area contributed by atoms with Gasteiger partial charge in [0, 0.05) is 0 Å². The molecule has 2 atom stereocenters. The van der Waals surface area contributed by atoms with Crippen molar-refractivity contribution >= 4 is 6.03 Å². The quantitative estimate of drug-likeness (QED) is 0.779. The minimum absolute atomic E-state index is 0.0835. The predicted octanol–water partition coefficient (Wildman–Crippen LogP) is 1.88. The van der Waals surface area contributed by atoms with Crippen molar-refractivity contribution in [3.8, 4) is 0 Å². The number of hydrogen-bond donors (Lipinski definition) is 3. The van der Waals surface area contributed by atoms with Gasteiger partial charge in [0.2, 0.25) is 0 Å². The van der Waals surface area contributed by atoms with E-state index in [0.29, 0.717) is 24.8 Å². The van der Waals surface area contributed by atoms with E-state index in [4.69, 9.17) is 5.11 Å². The maximum Gasteiger partial charge on any atom is 0.315 e. The second-order valence-electron chi connectivity index (χ2n) is 4.80. The standard InChI is InChI=1S/C14H19FN2O2/c1-2-9(8-18)16-14(19)17-13-7-6-10-11(13)4-3-5-12(10)15/h3-5,9,13,18H,2,6-8H2,1H3,(H2,16,17,19)/t9-,13-/m0/s1. The smallest absolute Gasteiger partial charge is 0.315 e. The Kier molecular flexibility index (Phi) is 4.37. The highest BCUT2D eigenvalue weighted by Gasteiger charge is 2.26. The Morgan fingerprint density at radius 3 is 3.05 bits per heavy atom. The number of rotatable bonds is 4. The Morgan fingerprint density at radius 2 is 2.37 bits per heavy atom. The van der Waals surface area contributed by atoms with Crippen molar-refractivity contribution in [2.75, 3.05) is 6.61 Å². The molecule has 19 heavy (non-hydrogen) atoms. The fourth-order valence-electron chi connectivity index (χ4n) is 2.42. The molecule has 2 rings (SSSR count). The van der Waals surface area contributed by atoms with Crippen LogP contribution in [0, 0.1) is 5.82 Å². The second-order valence-corrected chi connectivity index (χ2v) is 4.80. The van der Waals surface area contributed by atoms with E-state index in [9.17, 15) is 9.18 Å². The fourth-order valence-corrected chi connectivity index (χ4v) is 2.42. The molecule has 0 radical (unpaired) electrons. The average Bonchev–Trinajstić information content (AvgIpc) is 2.81. The molecule has 0 unspecified atom stereocenters. The molecule has 0 saturated heterocycles. The number of nitrogens with one attached hydrogen (secondary N) is 2. The molecule has 0 aromatic heterocycles. The Labute approximate surface area is 112 Å². The SMILES string of the molecule is CC[C@@H](CO)NC(=O)N[C@H]1CCc2c(F)cccc21. The largest absolute Gasteiger partial charge is 0.394 e. The first kappa shape index (κ1) is 13.8. The van der Waals surface area contributed by atoms with E-state index in [1.54, 1.807) is 6.07 Å². The molecule has 4 nitrogen and oxygen atoms in total. The summed E-state index contributed by atoms with van der Waals surface area (Å²) < 4.78 is 13.6. The minimum atomic E-state index is -0.317. The summed E-state index contributed by atoms with van der Waals surface area (Å²) in [6.07, 6.45) is 2.02. The third-order valence-electron chi connectivity index (χ3n) is 3.57. The lowest BCUT2D eigenvalue weighted by Crippen LogP contribution is -2.44. The number of urea groups is 1. The number of halogens is 1. The number of carbonyl (C=O) groups is 1. The van der Waals surface area contributed by atoms with Crippen LogP contribution in [-0.2, 0) is 6.42 Å². The zero-order valence-corrected chi connectivity index (χ0v) is 10.9. The summed E-state index contributed by atoms with van der Waals surface area (Å²) >= 11 is 0. The van der Waals surface area contributed by atoms with E-state index in [-0.39, 0.29) is 30.5 Å². The lowest BCUT2D eigenvalue weighted by atomic mass is 10.1. The van der Waals surface area contributed by atoms with Gasteiger partial charge in [-0.1, -0.05) is 19.1 Å². The first-order chi connectivity index (χ1) is 9.15. The van der Waals surface area contributed by atoms with Gasteiger partial charge in [0.15, 0.2) is 0 Å².